The van der Waals surface area contributed by atoms with E-state index in [0.29, 0.717) is 17.9 Å². The maximum atomic E-state index is 11.6. The monoisotopic (exact) mass is 288 g/mol. The van der Waals surface area contributed by atoms with Crippen LogP contribution in [-0.2, 0) is 11.2 Å². The quantitative estimate of drug-likeness (QED) is 0.750. The van der Waals surface area contributed by atoms with Gasteiger partial charge in [0.05, 0.1) is 0 Å². The summed E-state index contributed by atoms with van der Waals surface area (Å²) in [6, 6.07) is 6.37. The average Bonchev–Trinajstić information content (AvgIpc) is 2.49. The van der Waals surface area contributed by atoms with Gasteiger partial charge < -0.3 is 4.90 Å². The number of nitrogens with zero attached hydrogens (tertiary/aromatic N) is 2. The van der Waals surface area contributed by atoms with Crippen LogP contribution in [-0.4, -0.2) is 28.9 Å². The van der Waals surface area contributed by atoms with E-state index in [1.807, 2.05) is 29.3 Å². The first kappa shape index (κ1) is 16.0. The molecule has 116 valence electrons. The molecule has 0 spiro atoms. The molecule has 0 bridgehead atoms. The molecule has 3 unspecified atom stereocenters. The maximum absolute atomic E-state index is 11.6. The van der Waals surface area contributed by atoms with Crippen LogP contribution >= 0.6 is 0 Å². The molecule has 21 heavy (non-hydrogen) atoms. The van der Waals surface area contributed by atoms with Gasteiger partial charge in [-0.15, -0.1) is 0 Å². The van der Waals surface area contributed by atoms with Crippen LogP contribution in [0.2, 0.25) is 0 Å². The Morgan fingerprint density at radius 3 is 2.81 bits per heavy atom. The smallest absolute Gasteiger partial charge is 0.209 e. The summed E-state index contributed by atoms with van der Waals surface area (Å²) < 4.78 is 0. The molecular weight excluding hydrogens is 260 g/mol. The van der Waals surface area contributed by atoms with Crippen LogP contribution < -0.4 is 0 Å². The molecule has 2 rings (SSSR count). The number of hydrogen-bond acceptors (Lipinski definition) is 2. The number of carbonyl (C=O) groups is 1. The van der Waals surface area contributed by atoms with Crippen molar-refractivity contribution < 1.29 is 4.79 Å². The summed E-state index contributed by atoms with van der Waals surface area (Å²) in [7, 11) is 0. The summed E-state index contributed by atoms with van der Waals surface area (Å²) in [5.74, 6) is 2.00. The second-order valence-corrected chi connectivity index (χ2v) is 6.81. The second kappa shape index (κ2) is 7.58. The Morgan fingerprint density at radius 1 is 1.38 bits per heavy atom. The molecule has 1 saturated carbocycles. The Labute approximate surface area is 128 Å². The highest BCUT2D eigenvalue weighted by atomic mass is 16.1. The molecule has 1 amide bonds. The molecule has 1 aliphatic carbocycles. The Bertz CT molecular complexity index is 432. The molecular formula is C18H28N2O. The van der Waals surface area contributed by atoms with Gasteiger partial charge in [-0.25, -0.2) is 0 Å². The highest BCUT2D eigenvalue weighted by molar-refractivity contribution is 5.48. The second-order valence-electron chi connectivity index (χ2n) is 6.81. The van der Waals surface area contributed by atoms with Gasteiger partial charge in [0.25, 0.3) is 0 Å². The molecule has 0 saturated heterocycles. The Morgan fingerprint density at radius 2 is 2.19 bits per heavy atom. The van der Waals surface area contributed by atoms with Gasteiger partial charge in [-0.3, -0.25) is 9.78 Å². The van der Waals surface area contributed by atoms with E-state index < -0.39 is 0 Å². The third kappa shape index (κ3) is 4.29. The van der Waals surface area contributed by atoms with Crippen molar-refractivity contribution in [2.24, 2.45) is 17.8 Å². The van der Waals surface area contributed by atoms with E-state index in [-0.39, 0.29) is 0 Å². The minimum Gasteiger partial charge on any atom is -0.342 e. The minimum absolute atomic E-state index is 0.398. The van der Waals surface area contributed by atoms with Gasteiger partial charge in [-0.05, 0) is 42.7 Å². The number of pyridine rings is 1. The normalized spacial score (nSPS) is 25.8. The molecule has 1 heterocycles. The van der Waals surface area contributed by atoms with Gasteiger partial charge >= 0.3 is 0 Å². The first-order chi connectivity index (χ1) is 10.1. The average molecular weight is 288 g/mol. The number of carbonyl (C=O) groups excluding carboxylic acids is 1. The fourth-order valence-electron chi connectivity index (χ4n) is 3.62. The maximum Gasteiger partial charge on any atom is 0.209 e. The van der Waals surface area contributed by atoms with E-state index in [9.17, 15) is 4.79 Å². The molecule has 3 atom stereocenters. The van der Waals surface area contributed by atoms with Gasteiger partial charge in [0, 0.05) is 30.9 Å². The lowest BCUT2D eigenvalue weighted by Crippen LogP contribution is -2.46. The minimum atomic E-state index is 0.398. The van der Waals surface area contributed by atoms with Gasteiger partial charge in [-0.1, -0.05) is 33.3 Å². The van der Waals surface area contributed by atoms with Crippen LogP contribution in [0.4, 0.5) is 0 Å². The molecule has 0 N–H and O–H groups in total. The van der Waals surface area contributed by atoms with Crippen LogP contribution in [0.1, 0.15) is 45.7 Å². The van der Waals surface area contributed by atoms with Gasteiger partial charge in [0.2, 0.25) is 6.41 Å². The summed E-state index contributed by atoms with van der Waals surface area (Å²) in [6.07, 6.45) is 7.41. The number of aromatic nitrogens is 1. The molecule has 3 heteroatoms. The van der Waals surface area contributed by atoms with Crippen LogP contribution in [0.15, 0.2) is 24.4 Å². The zero-order chi connectivity index (χ0) is 15.2. The molecule has 0 aliphatic heterocycles. The SMILES string of the molecule is CC1CCC(C(C)C)C(N(C=O)CCc2ccccn2)C1. The molecule has 1 fully saturated rings. The summed E-state index contributed by atoms with van der Waals surface area (Å²) in [4.78, 5) is 18.0. The number of rotatable bonds is 6. The van der Waals surface area contributed by atoms with E-state index >= 15 is 0 Å². The summed E-state index contributed by atoms with van der Waals surface area (Å²) in [5, 5.41) is 0. The van der Waals surface area contributed by atoms with Crippen molar-refractivity contribution in [1.82, 2.24) is 9.88 Å². The third-order valence-corrected chi connectivity index (χ3v) is 4.90. The number of hydrogen-bond donors (Lipinski definition) is 0. The van der Waals surface area contributed by atoms with E-state index in [1.54, 1.807) is 0 Å². The lowest BCUT2D eigenvalue weighted by Gasteiger charge is -2.42. The molecule has 1 aliphatic rings. The van der Waals surface area contributed by atoms with Crippen LogP contribution in [0.5, 0.6) is 0 Å². The lowest BCUT2D eigenvalue weighted by molar-refractivity contribution is -0.123. The topological polar surface area (TPSA) is 33.2 Å². The molecule has 3 nitrogen and oxygen atoms in total. The van der Waals surface area contributed by atoms with Crippen LogP contribution in [0.3, 0.4) is 0 Å². The van der Waals surface area contributed by atoms with Crippen molar-refractivity contribution in [1.29, 1.82) is 0 Å². The third-order valence-electron chi connectivity index (χ3n) is 4.90. The Kier molecular flexibility index (Phi) is 5.77. The van der Waals surface area contributed by atoms with Crippen LogP contribution in [0.25, 0.3) is 0 Å². The summed E-state index contributed by atoms with van der Waals surface area (Å²) in [5.41, 5.74) is 1.06. The van der Waals surface area contributed by atoms with Crippen molar-refractivity contribution in [3.8, 4) is 0 Å². The molecule has 0 aromatic carbocycles. The fraction of sp³-hybridized carbons (Fsp3) is 0.667. The van der Waals surface area contributed by atoms with E-state index in [1.165, 1.54) is 12.8 Å². The largest absolute Gasteiger partial charge is 0.342 e. The first-order valence-corrected chi connectivity index (χ1v) is 8.22. The zero-order valence-electron chi connectivity index (χ0n) is 13.5. The Balaban J connectivity index is 2.01. The predicted octanol–water partition coefficient (Wildman–Crippen LogP) is 3.54. The molecule has 0 radical (unpaired) electrons. The van der Waals surface area contributed by atoms with Gasteiger partial charge in [0.15, 0.2) is 0 Å². The number of amides is 1. The van der Waals surface area contributed by atoms with Gasteiger partial charge in [0.1, 0.15) is 0 Å². The Hall–Kier alpha value is -1.38. The molecule has 1 aromatic heterocycles. The zero-order valence-corrected chi connectivity index (χ0v) is 13.5. The summed E-state index contributed by atoms with van der Waals surface area (Å²) >= 11 is 0. The van der Waals surface area contributed by atoms with Crippen molar-refractivity contribution in [3.63, 3.8) is 0 Å². The highest BCUT2D eigenvalue weighted by Crippen LogP contribution is 2.36. The van der Waals surface area contributed by atoms with Crippen LogP contribution in [0, 0.1) is 17.8 Å². The standard InChI is InChI=1S/C18H28N2O/c1-14(2)17-8-7-15(3)12-18(17)20(13-21)11-9-16-6-4-5-10-19-16/h4-6,10,13-15,17-18H,7-9,11-12H2,1-3H3. The first-order valence-electron chi connectivity index (χ1n) is 8.22. The lowest BCUT2D eigenvalue weighted by atomic mass is 9.73. The van der Waals surface area contributed by atoms with Gasteiger partial charge in [-0.2, -0.15) is 0 Å². The van der Waals surface area contributed by atoms with E-state index in [2.05, 4.69) is 25.8 Å². The predicted molar refractivity (Wildman–Crippen MR) is 85.8 cm³/mol. The fourth-order valence-corrected chi connectivity index (χ4v) is 3.62. The van der Waals surface area contributed by atoms with Crippen molar-refractivity contribution in [2.45, 2.75) is 52.5 Å². The van der Waals surface area contributed by atoms with Crippen molar-refractivity contribution in [2.75, 3.05) is 6.54 Å². The van der Waals surface area contributed by atoms with Crippen molar-refractivity contribution in [3.05, 3.63) is 30.1 Å². The summed E-state index contributed by atoms with van der Waals surface area (Å²) in [6.45, 7) is 7.66. The van der Waals surface area contributed by atoms with Crippen molar-refractivity contribution >= 4 is 6.41 Å². The highest BCUT2D eigenvalue weighted by Gasteiger charge is 2.34. The van der Waals surface area contributed by atoms with E-state index in [4.69, 9.17) is 0 Å². The van der Waals surface area contributed by atoms with E-state index in [0.717, 1.165) is 37.4 Å². The molecule has 1 aromatic rings.